The van der Waals surface area contributed by atoms with Gasteiger partial charge in [0.2, 0.25) is 0 Å². The van der Waals surface area contributed by atoms with Crippen LogP contribution >= 0.6 is 0 Å². The molecular formula is C13H19N3O. The van der Waals surface area contributed by atoms with Gasteiger partial charge in [0.1, 0.15) is 5.82 Å². The van der Waals surface area contributed by atoms with Crippen LogP contribution in [0.3, 0.4) is 0 Å². The Morgan fingerprint density at radius 1 is 1.35 bits per heavy atom. The molecule has 0 fully saturated rings. The fraction of sp³-hybridized carbons (Fsp3) is 0.462. The second kappa shape index (κ2) is 4.47. The van der Waals surface area contributed by atoms with Crippen molar-refractivity contribution in [2.45, 2.75) is 26.0 Å². The molecule has 0 unspecified atom stereocenters. The van der Waals surface area contributed by atoms with E-state index in [-0.39, 0.29) is 0 Å². The quantitative estimate of drug-likeness (QED) is 0.840. The van der Waals surface area contributed by atoms with E-state index in [1.165, 1.54) is 0 Å². The highest BCUT2D eigenvalue weighted by Gasteiger charge is 2.12. The first kappa shape index (κ1) is 12.1. The van der Waals surface area contributed by atoms with E-state index >= 15 is 0 Å². The smallest absolute Gasteiger partial charge is 0.123 e. The zero-order chi connectivity index (χ0) is 12.5. The Bertz CT molecular complexity index is 511. The number of aryl methyl sites for hydroxylation is 1. The maximum atomic E-state index is 9.62. The second-order valence-corrected chi connectivity index (χ2v) is 4.99. The van der Waals surface area contributed by atoms with E-state index < -0.39 is 5.60 Å². The number of nitrogens with zero attached hydrogens (tertiary/aromatic N) is 2. The summed E-state index contributed by atoms with van der Waals surface area (Å²) in [7, 11) is 2.01. The van der Waals surface area contributed by atoms with E-state index in [1.54, 1.807) is 13.8 Å². The van der Waals surface area contributed by atoms with Crippen LogP contribution in [0.25, 0.3) is 11.0 Å². The monoisotopic (exact) mass is 233 g/mol. The molecular weight excluding hydrogens is 214 g/mol. The van der Waals surface area contributed by atoms with Gasteiger partial charge in [0, 0.05) is 13.6 Å². The summed E-state index contributed by atoms with van der Waals surface area (Å²) in [6.45, 7) is 4.79. The predicted octanol–water partition coefficient (Wildman–Crippen LogP) is 1.43. The molecule has 92 valence electrons. The number of hydrogen-bond acceptors (Lipinski definition) is 3. The molecule has 2 aromatic rings. The third-order valence-electron chi connectivity index (χ3n) is 2.72. The lowest BCUT2D eigenvalue weighted by atomic mass is 10.1. The van der Waals surface area contributed by atoms with E-state index in [0.29, 0.717) is 13.1 Å². The summed E-state index contributed by atoms with van der Waals surface area (Å²) in [6.07, 6.45) is 0. The molecule has 0 saturated heterocycles. The first-order chi connectivity index (χ1) is 7.97. The summed E-state index contributed by atoms with van der Waals surface area (Å²) < 4.78 is 2.08. The van der Waals surface area contributed by atoms with Gasteiger partial charge in [0.05, 0.1) is 23.2 Å². The maximum absolute atomic E-state index is 9.62. The topological polar surface area (TPSA) is 50.1 Å². The number of fused-ring (bicyclic) bond motifs is 1. The van der Waals surface area contributed by atoms with Crippen LogP contribution in [0.1, 0.15) is 19.7 Å². The number of nitrogens with one attached hydrogen (secondary N) is 1. The molecule has 4 nitrogen and oxygen atoms in total. The van der Waals surface area contributed by atoms with E-state index in [4.69, 9.17) is 0 Å². The van der Waals surface area contributed by atoms with E-state index in [9.17, 15) is 5.11 Å². The van der Waals surface area contributed by atoms with Crippen LogP contribution < -0.4 is 5.32 Å². The summed E-state index contributed by atoms with van der Waals surface area (Å²) >= 11 is 0. The fourth-order valence-electron chi connectivity index (χ4n) is 1.83. The molecule has 1 heterocycles. The van der Waals surface area contributed by atoms with Gasteiger partial charge in [-0.3, -0.25) is 0 Å². The molecule has 0 amide bonds. The van der Waals surface area contributed by atoms with Crippen LogP contribution in [0.15, 0.2) is 24.3 Å². The second-order valence-electron chi connectivity index (χ2n) is 4.99. The Labute approximate surface area is 101 Å². The Balaban J connectivity index is 2.11. The van der Waals surface area contributed by atoms with Crippen LogP contribution in [0.2, 0.25) is 0 Å². The number of rotatable bonds is 4. The molecule has 0 aliphatic heterocycles. The van der Waals surface area contributed by atoms with Gasteiger partial charge in [0.15, 0.2) is 0 Å². The van der Waals surface area contributed by atoms with Crippen LogP contribution in [-0.2, 0) is 13.6 Å². The van der Waals surface area contributed by atoms with Crippen LogP contribution in [0.4, 0.5) is 0 Å². The highest BCUT2D eigenvalue weighted by Crippen LogP contribution is 2.13. The van der Waals surface area contributed by atoms with Gasteiger partial charge in [-0.25, -0.2) is 4.98 Å². The summed E-state index contributed by atoms with van der Waals surface area (Å²) in [6, 6.07) is 8.07. The number of benzene rings is 1. The summed E-state index contributed by atoms with van der Waals surface area (Å²) in [5.41, 5.74) is 1.45. The molecule has 0 bridgehead atoms. The molecule has 0 aliphatic carbocycles. The minimum absolute atomic E-state index is 0.552. The number of aliphatic hydroxyl groups is 1. The van der Waals surface area contributed by atoms with Gasteiger partial charge in [-0.05, 0) is 26.0 Å². The van der Waals surface area contributed by atoms with Crippen molar-refractivity contribution in [3.05, 3.63) is 30.1 Å². The maximum Gasteiger partial charge on any atom is 0.123 e. The molecule has 17 heavy (non-hydrogen) atoms. The van der Waals surface area contributed by atoms with Crippen LogP contribution in [0, 0.1) is 0 Å². The summed E-state index contributed by atoms with van der Waals surface area (Å²) in [5, 5.41) is 12.8. The number of para-hydroxylation sites is 2. The predicted molar refractivity (Wildman–Crippen MR) is 68.7 cm³/mol. The fourth-order valence-corrected chi connectivity index (χ4v) is 1.83. The van der Waals surface area contributed by atoms with Crippen molar-refractivity contribution in [2.75, 3.05) is 6.54 Å². The molecule has 0 atom stereocenters. The molecule has 2 rings (SSSR count). The molecule has 0 spiro atoms. The lowest BCUT2D eigenvalue weighted by molar-refractivity contribution is 0.0792. The van der Waals surface area contributed by atoms with Crippen molar-refractivity contribution in [2.24, 2.45) is 7.05 Å². The lowest BCUT2D eigenvalue weighted by Crippen LogP contribution is -2.34. The van der Waals surface area contributed by atoms with Gasteiger partial charge in [-0.1, -0.05) is 12.1 Å². The number of hydrogen-bond donors (Lipinski definition) is 2. The number of aromatic nitrogens is 2. The standard InChI is InChI=1S/C13H19N3O/c1-13(2,17)9-14-8-12-15-10-6-4-5-7-11(10)16(12)3/h4-7,14,17H,8-9H2,1-3H3. The Morgan fingerprint density at radius 2 is 2.06 bits per heavy atom. The van der Waals surface area contributed by atoms with Gasteiger partial charge < -0.3 is 15.0 Å². The zero-order valence-electron chi connectivity index (χ0n) is 10.6. The van der Waals surface area contributed by atoms with Gasteiger partial charge in [-0.15, -0.1) is 0 Å². The van der Waals surface area contributed by atoms with Crippen molar-refractivity contribution in [1.29, 1.82) is 0 Å². The van der Waals surface area contributed by atoms with Crippen molar-refractivity contribution in [1.82, 2.24) is 14.9 Å². The Kier molecular flexibility index (Phi) is 3.17. The minimum atomic E-state index is -0.690. The zero-order valence-corrected chi connectivity index (χ0v) is 10.6. The van der Waals surface area contributed by atoms with Crippen LogP contribution in [0.5, 0.6) is 0 Å². The molecule has 2 N–H and O–H groups in total. The summed E-state index contributed by atoms with van der Waals surface area (Å²) in [5.74, 6) is 0.982. The lowest BCUT2D eigenvalue weighted by Gasteiger charge is -2.17. The third-order valence-corrected chi connectivity index (χ3v) is 2.72. The minimum Gasteiger partial charge on any atom is -0.389 e. The van der Waals surface area contributed by atoms with E-state index in [0.717, 1.165) is 16.9 Å². The summed E-state index contributed by atoms with van der Waals surface area (Å²) in [4.78, 5) is 4.55. The van der Waals surface area contributed by atoms with Gasteiger partial charge in [-0.2, -0.15) is 0 Å². The average molecular weight is 233 g/mol. The van der Waals surface area contributed by atoms with Crippen molar-refractivity contribution in [3.63, 3.8) is 0 Å². The van der Waals surface area contributed by atoms with Crippen molar-refractivity contribution >= 4 is 11.0 Å². The largest absolute Gasteiger partial charge is 0.389 e. The number of imidazole rings is 1. The Morgan fingerprint density at radius 3 is 2.71 bits per heavy atom. The molecule has 4 heteroatoms. The van der Waals surface area contributed by atoms with Crippen LogP contribution in [-0.4, -0.2) is 26.8 Å². The first-order valence-corrected chi connectivity index (χ1v) is 5.81. The molecule has 0 saturated carbocycles. The Hall–Kier alpha value is -1.39. The molecule has 0 aliphatic rings. The average Bonchev–Trinajstić information content (AvgIpc) is 2.55. The highest BCUT2D eigenvalue weighted by atomic mass is 16.3. The SMILES string of the molecule is Cn1c(CNCC(C)(C)O)nc2ccccc21. The molecule has 1 aromatic heterocycles. The molecule has 1 aromatic carbocycles. The highest BCUT2D eigenvalue weighted by molar-refractivity contribution is 5.75. The normalized spacial score (nSPS) is 12.2. The van der Waals surface area contributed by atoms with Gasteiger partial charge >= 0.3 is 0 Å². The van der Waals surface area contributed by atoms with E-state index in [2.05, 4.69) is 20.9 Å². The van der Waals surface area contributed by atoms with Crippen molar-refractivity contribution < 1.29 is 5.11 Å². The third kappa shape index (κ3) is 2.84. The molecule has 0 radical (unpaired) electrons. The van der Waals surface area contributed by atoms with Gasteiger partial charge in [0.25, 0.3) is 0 Å². The first-order valence-electron chi connectivity index (χ1n) is 5.81. The van der Waals surface area contributed by atoms with Crippen molar-refractivity contribution in [3.8, 4) is 0 Å². The van der Waals surface area contributed by atoms with E-state index in [1.807, 2.05) is 25.2 Å².